The second kappa shape index (κ2) is 8.32. The SMILES string of the molecule is O=c1c2c3c(sc2nc(SCc2ccc(O)c4ncccc24)n1-c1ccccc1)CCCC3. The summed E-state index contributed by atoms with van der Waals surface area (Å²) in [5, 5.41) is 12.6. The predicted molar refractivity (Wildman–Crippen MR) is 135 cm³/mol. The Labute approximate surface area is 198 Å². The third kappa shape index (κ3) is 3.52. The first kappa shape index (κ1) is 20.4. The van der Waals surface area contributed by atoms with Gasteiger partial charge in [-0.3, -0.25) is 14.3 Å². The number of phenolic OH excluding ortho intramolecular Hbond substituents is 1. The lowest BCUT2D eigenvalue weighted by Crippen LogP contribution is -2.22. The molecule has 0 fully saturated rings. The molecular weight excluding hydrogens is 450 g/mol. The number of rotatable bonds is 4. The molecule has 0 saturated heterocycles. The van der Waals surface area contributed by atoms with E-state index in [1.807, 2.05) is 48.5 Å². The minimum Gasteiger partial charge on any atom is -0.506 e. The zero-order valence-corrected chi connectivity index (χ0v) is 19.5. The van der Waals surface area contributed by atoms with Crippen molar-refractivity contribution in [3.05, 3.63) is 87.2 Å². The molecule has 3 aromatic heterocycles. The molecule has 0 saturated carbocycles. The highest BCUT2D eigenvalue weighted by Gasteiger charge is 2.23. The van der Waals surface area contributed by atoms with E-state index in [1.54, 1.807) is 28.2 Å². The molecule has 5 aromatic rings. The van der Waals surface area contributed by atoms with Crippen LogP contribution in [0.15, 0.2) is 70.7 Å². The summed E-state index contributed by atoms with van der Waals surface area (Å²) in [6.07, 6.45) is 5.98. The van der Waals surface area contributed by atoms with Crippen molar-refractivity contribution >= 4 is 44.2 Å². The van der Waals surface area contributed by atoms with Crippen molar-refractivity contribution in [3.8, 4) is 11.4 Å². The predicted octanol–water partition coefficient (Wildman–Crippen LogP) is 5.87. The average molecular weight is 472 g/mol. The van der Waals surface area contributed by atoms with E-state index in [-0.39, 0.29) is 11.3 Å². The molecule has 0 spiro atoms. The average Bonchev–Trinajstić information content (AvgIpc) is 3.23. The van der Waals surface area contributed by atoms with Gasteiger partial charge in [0.05, 0.1) is 11.1 Å². The number of para-hydroxylation sites is 1. The molecule has 0 radical (unpaired) electrons. The van der Waals surface area contributed by atoms with E-state index in [2.05, 4.69) is 4.98 Å². The highest BCUT2D eigenvalue weighted by atomic mass is 32.2. The van der Waals surface area contributed by atoms with Crippen LogP contribution in [-0.4, -0.2) is 19.6 Å². The van der Waals surface area contributed by atoms with Crippen LogP contribution in [0.5, 0.6) is 5.75 Å². The summed E-state index contributed by atoms with van der Waals surface area (Å²) in [7, 11) is 0. The van der Waals surface area contributed by atoms with Gasteiger partial charge in [0.25, 0.3) is 5.56 Å². The van der Waals surface area contributed by atoms with E-state index in [1.165, 1.54) is 28.6 Å². The molecule has 0 aliphatic heterocycles. The van der Waals surface area contributed by atoms with E-state index in [9.17, 15) is 9.90 Å². The second-order valence-electron chi connectivity index (χ2n) is 8.19. The zero-order chi connectivity index (χ0) is 22.4. The Morgan fingerprint density at radius 3 is 2.76 bits per heavy atom. The van der Waals surface area contributed by atoms with Crippen LogP contribution in [-0.2, 0) is 18.6 Å². The number of hydrogen-bond donors (Lipinski definition) is 1. The van der Waals surface area contributed by atoms with Crippen molar-refractivity contribution in [2.24, 2.45) is 0 Å². The number of fused-ring (bicyclic) bond motifs is 4. The number of phenols is 1. The topological polar surface area (TPSA) is 68.0 Å². The quantitative estimate of drug-likeness (QED) is 0.262. The molecule has 0 unspecified atom stereocenters. The van der Waals surface area contributed by atoms with Gasteiger partial charge in [-0.1, -0.05) is 42.1 Å². The van der Waals surface area contributed by atoms with Crippen molar-refractivity contribution in [1.82, 2.24) is 14.5 Å². The van der Waals surface area contributed by atoms with Crippen LogP contribution >= 0.6 is 23.1 Å². The minimum absolute atomic E-state index is 0.0188. The monoisotopic (exact) mass is 471 g/mol. The Kier molecular flexibility index (Phi) is 5.15. The first-order valence-electron chi connectivity index (χ1n) is 11.0. The number of pyridine rings is 1. The molecule has 1 aliphatic carbocycles. The number of aromatic nitrogens is 3. The summed E-state index contributed by atoms with van der Waals surface area (Å²) in [6.45, 7) is 0. The van der Waals surface area contributed by atoms with Gasteiger partial charge < -0.3 is 5.11 Å². The summed E-state index contributed by atoms with van der Waals surface area (Å²) in [6, 6.07) is 17.2. The van der Waals surface area contributed by atoms with Crippen molar-refractivity contribution in [2.45, 2.75) is 36.6 Å². The van der Waals surface area contributed by atoms with Gasteiger partial charge in [0.2, 0.25) is 0 Å². The van der Waals surface area contributed by atoms with Gasteiger partial charge in [0.1, 0.15) is 16.1 Å². The summed E-state index contributed by atoms with van der Waals surface area (Å²) in [5.74, 6) is 0.780. The van der Waals surface area contributed by atoms with Gasteiger partial charge in [0.15, 0.2) is 5.16 Å². The van der Waals surface area contributed by atoms with Gasteiger partial charge >= 0.3 is 0 Å². The fourth-order valence-corrected chi connectivity index (χ4v) is 6.89. The molecule has 0 bridgehead atoms. The highest BCUT2D eigenvalue weighted by Crippen LogP contribution is 2.36. The van der Waals surface area contributed by atoms with Crippen LogP contribution in [0.25, 0.3) is 26.8 Å². The maximum atomic E-state index is 13.8. The Morgan fingerprint density at radius 2 is 1.88 bits per heavy atom. The molecule has 6 rings (SSSR count). The van der Waals surface area contributed by atoms with Gasteiger partial charge in [-0.15, -0.1) is 11.3 Å². The number of thiophene rings is 1. The second-order valence-corrected chi connectivity index (χ2v) is 10.2. The number of benzene rings is 2. The van der Waals surface area contributed by atoms with Gasteiger partial charge in [-0.05, 0) is 61.1 Å². The molecule has 1 N–H and O–H groups in total. The van der Waals surface area contributed by atoms with Crippen molar-refractivity contribution in [2.75, 3.05) is 0 Å². The molecule has 0 amide bonds. The van der Waals surface area contributed by atoms with Crippen molar-refractivity contribution < 1.29 is 5.11 Å². The molecular formula is C26H21N3O2S2. The summed E-state index contributed by atoms with van der Waals surface area (Å²) >= 11 is 3.22. The zero-order valence-electron chi connectivity index (χ0n) is 17.8. The Morgan fingerprint density at radius 1 is 1.03 bits per heavy atom. The van der Waals surface area contributed by atoms with E-state index < -0.39 is 0 Å². The molecule has 3 heterocycles. The molecule has 33 heavy (non-hydrogen) atoms. The van der Waals surface area contributed by atoms with Gasteiger partial charge in [-0.2, -0.15) is 0 Å². The third-order valence-corrected chi connectivity index (χ3v) is 8.34. The number of hydrogen-bond acceptors (Lipinski definition) is 6. The van der Waals surface area contributed by atoms with E-state index in [0.717, 1.165) is 46.1 Å². The lowest BCUT2D eigenvalue weighted by Gasteiger charge is -2.14. The van der Waals surface area contributed by atoms with Crippen molar-refractivity contribution in [1.29, 1.82) is 0 Å². The van der Waals surface area contributed by atoms with Crippen LogP contribution in [0.2, 0.25) is 0 Å². The molecule has 164 valence electrons. The first-order valence-corrected chi connectivity index (χ1v) is 12.8. The van der Waals surface area contributed by atoms with Crippen LogP contribution in [0.4, 0.5) is 0 Å². The smallest absolute Gasteiger partial charge is 0.267 e. The molecule has 5 nitrogen and oxygen atoms in total. The number of thioether (sulfide) groups is 1. The Hall–Kier alpha value is -3.16. The molecule has 0 atom stereocenters. The number of nitrogens with zero attached hydrogens (tertiary/aromatic N) is 3. The maximum absolute atomic E-state index is 13.8. The summed E-state index contributed by atoms with van der Waals surface area (Å²) in [4.78, 5) is 25.3. The lowest BCUT2D eigenvalue weighted by atomic mass is 9.97. The third-order valence-electron chi connectivity index (χ3n) is 6.17. The first-order chi connectivity index (χ1) is 16.2. The fraction of sp³-hybridized carbons (Fsp3) is 0.192. The van der Waals surface area contributed by atoms with E-state index in [4.69, 9.17) is 4.98 Å². The largest absolute Gasteiger partial charge is 0.506 e. The molecule has 7 heteroatoms. The summed E-state index contributed by atoms with van der Waals surface area (Å²) < 4.78 is 1.76. The highest BCUT2D eigenvalue weighted by molar-refractivity contribution is 7.98. The van der Waals surface area contributed by atoms with Crippen LogP contribution in [0, 0.1) is 0 Å². The van der Waals surface area contributed by atoms with E-state index in [0.29, 0.717) is 16.4 Å². The Balaban J connectivity index is 1.50. The molecule has 2 aromatic carbocycles. The fourth-order valence-electron chi connectivity index (χ4n) is 4.57. The standard InChI is InChI=1S/C26H21N3O2S2/c30-20-13-12-16(18-10-6-14-27-23(18)20)15-32-26-28-24-22(19-9-4-5-11-21(19)33-24)25(31)29(26)17-7-2-1-3-8-17/h1-3,6-8,10,12-14,30H,4-5,9,11,15H2. The normalized spacial score (nSPS) is 13.5. The van der Waals surface area contributed by atoms with Gasteiger partial charge in [0, 0.05) is 22.2 Å². The van der Waals surface area contributed by atoms with Crippen LogP contribution in [0.1, 0.15) is 28.8 Å². The van der Waals surface area contributed by atoms with Crippen LogP contribution < -0.4 is 5.56 Å². The number of aromatic hydroxyl groups is 1. The summed E-state index contributed by atoms with van der Waals surface area (Å²) in [5.41, 5.74) is 3.68. The molecule has 1 aliphatic rings. The number of aryl methyl sites for hydroxylation is 2. The lowest BCUT2D eigenvalue weighted by molar-refractivity contribution is 0.480. The Bertz CT molecular complexity index is 1560. The van der Waals surface area contributed by atoms with Crippen molar-refractivity contribution in [3.63, 3.8) is 0 Å². The van der Waals surface area contributed by atoms with E-state index >= 15 is 0 Å². The maximum Gasteiger partial charge on any atom is 0.267 e. The van der Waals surface area contributed by atoms with Crippen LogP contribution in [0.3, 0.4) is 0 Å². The van der Waals surface area contributed by atoms with Gasteiger partial charge in [-0.25, -0.2) is 4.98 Å². The minimum atomic E-state index is 0.0188.